The molecule has 0 radical (unpaired) electrons. The minimum atomic E-state index is 0.759. The van der Waals surface area contributed by atoms with E-state index in [0.717, 1.165) is 24.5 Å². The van der Waals surface area contributed by atoms with E-state index in [1.807, 2.05) is 7.11 Å². The molecule has 2 heteroatoms. The van der Waals surface area contributed by atoms with Gasteiger partial charge in [0, 0.05) is 19.7 Å². The molecule has 1 N–H and O–H groups in total. The van der Waals surface area contributed by atoms with Crippen LogP contribution in [0.4, 0.5) is 0 Å². The molecule has 0 aromatic rings. The second-order valence-corrected chi connectivity index (χ2v) is 5.31. The van der Waals surface area contributed by atoms with Gasteiger partial charge in [-0.25, -0.2) is 0 Å². The van der Waals surface area contributed by atoms with Crippen LogP contribution in [0.15, 0.2) is 0 Å². The predicted octanol–water partition coefficient (Wildman–Crippen LogP) is 2.58. The van der Waals surface area contributed by atoms with Gasteiger partial charge in [-0.05, 0) is 37.5 Å². The Bertz CT molecular complexity index is 169. The van der Waals surface area contributed by atoms with Crippen molar-refractivity contribution in [2.75, 3.05) is 20.3 Å². The highest BCUT2D eigenvalue weighted by Crippen LogP contribution is 2.30. The fourth-order valence-corrected chi connectivity index (χ4v) is 3.25. The maximum absolute atomic E-state index is 5.22. The van der Waals surface area contributed by atoms with Crippen molar-refractivity contribution < 1.29 is 4.74 Å². The van der Waals surface area contributed by atoms with E-state index in [2.05, 4.69) is 5.32 Å². The zero-order valence-corrected chi connectivity index (χ0v) is 10.0. The Morgan fingerprint density at radius 3 is 2.47 bits per heavy atom. The summed E-state index contributed by atoms with van der Waals surface area (Å²) < 4.78 is 5.22. The Labute approximate surface area is 93.8 Å². The maximum atomic E-state index is 5.22. The van der Waals surface area contributed by atoms with Crippen molar-refractivity contribution in [3.05, 3.63) is 0 Å². The number of rotatable bonds is 3. The summed E-state index contributed by atoms with van der Waals surface area (Å²) in [5, 5.41) is 3.74. The van der Waals surface area contributed by atoms with E-state index in [1.165, 1.54) is 51.5 Å². The molecular formula is C13H25NO. The van der Waals surface area contributed by atoms with Gasteiger partial charge in [0.1, 0.15) is 0 Å². The molecule has 0 aromatic carbocycles. The number of hydrogen-bond donors (Lipinski definition) is 1. The third kappa shape index (κ3) is 3.18. The molecule has 2 atom stereocenters. The summed E-state index contributed by atoms with van der Waals surface area (Å²) in [5.41, 5.74) is 0. The largest absolute Gasteiger partial charge is 0.384 e. The van der Waals surface area contributed by atoms with E-state index in [1.54, 1.807) is 0 Å². The minimum absolute atomic E-state index is 0.759. The Kier molecular flexibility index (Phi) is 4.45. The molecular weight excluding hydrogens is 186 g/mol. The van der Waals surface area contributed by atoms with Gasteiger partial charge in [-0.1, -0.05) is 19.3 Å². The molecule has 1 saturated carbocycles. The minimum Gasteiger partial charge on any atom is -0.384 e. The number of ether oxygens (including phenoxy) is 1. The fraction of sp³-hybridized carbons (Fsp3) is 1.00. The van der Waals surface area contributed by atoms with E-state index in [9.17, 15) is 0 Å². The molecule has 0 spiro atoms. The Balaban J connectivity index is 1.72. The van der Waals surface area contributed by atoms with E-state index in [4.69, 9.17) is 4.74 Å². The summed E-state index contributed by atoms with van der Waals surface area (Å²) in [6.07, 6.45) is 10.1. The van der Waals surface area contributed by atoms with E-state index in [-0.39, 0.29) is 0 Å². The fourth-order valence-electron chi connectivity index (χ4n) is 3.25. The summed E-state index contributed by atoms with van der Waals surface area (Å²) in [5.74, 6) is 1.73. The van der Waals surface area contributed by atoms with Gasteiger partial charge in [0.25, 0.3) is 0 Å². The lowest BCUT2D eigenvalue weighted by molar-refractivity contribution is 0.115. The first-order valence-electron chi connectivity index (χ1n) is 6.62. The van der Waals surface area contributed by atoms with Crippen LogP contribution in [0.25, 0.3) is 0 Å². The van der Waals surface area contributed by atoms with Crippen LogP contribution in [-0.4, -0.2) is 26.3 Å². The van der Waals surface area contributed by atoms with Gasteiger partial charge in [-0.15, -0.1) is 0 Å². The Morgan fingerprint density at radius 2 is 1.87 bits per heavy atom. The molecule has 2 fully saturated rings. The van der Waals surface area contributed by atoms with Crippen LogP contribution < -0.4 is 5.32 Å². The first-order valence-corrected chi connectivity index (χ1v) is 6.62. The van der Waals surface area contributed by atoms with Crippen molar-refractivity contribution in [1.29, 1.82) is 0 Å². The van der Waals surface area contributed by atoms with E-state index < -0.39 is 0 Å². The molecule has 0 bridgehead atoms. The molecule has 1 aliphatic carbocycles. The third-order valence-corrected chi connectivity index (χ3v) is 4.18. The molecule has 2 aliphatic rings. The van der Waals surface area contributed by atoms with Crippen LogP contribution in [-0.2, 0) is 4.74 Å². The van der Waals surface area contributed by atoms with Gasteiger partial charge >= 0.3 is 0 Å². The summed E-state index contributed by atoms with van der Waals surface area (Å²) >= 11 is 0. The highest BCUT2D eigenvalue weighted by Gasteiger charge is 2.27. The van der Waals surface area contributed by atoms with Crippen LogP contribution in [0.5, 0.6) is 0 Å². The summed E-state index contributed by atoms with van der Waals surface area (Å²) in [7, 11) is 1.81. The molecule has 1 saturated heterocycles. The van der Waals surface area contributed by atoms with Crippen LogP contribution >= 0.6 is 0 Å². The van der Waals surface area contributed by atoms with Crippen LogP contribution in [0.3, 0.4) is 0 Å². The lowest BCUT2D eigenvalue weighted by Gasteiger charge is -2.36. The topological polar surface area (TPSA) is 21.3 Å². The normalized spacial score (nSPS) is 34.2. The molecule has 0 amide bonds. The van der Waals surface area contributed by atoms with Crippen molar-refractivity contribution in [3.8, 4) is 0 Å². The molecule has 88 valence electrons. The molecule has 2 nitrogen and oxygen atoms in total. The smallest absolute Gasteiger partial charge is 0.0502 e. The van der Waals surface area contributed by atoms with Crippen molar-refractivity contribution in [1.82, 2.24) is 5.32 Å². The first kappa shape index (κ1) is 11.4. The highest BCUT2D eigenvalue weighted by molar-refractivity contribution is 4.84. The van der Waals surface area contributed by atoms with E-state index >= 15 is 0 Å². The van der Waals surface area contributed by atoms with Gasteiger partial charge in [0.2, 0.25) is 0 Å². The summed E-state index contributed by atoms with van der Waals surface area (Å²) in [4.78, 5) is 0. The van der Waals surface area contributed by atoms with Crippen molar-refractivity contribution in [2.24, 2.45) is 11.8 Å². The number of hydrogen-bond acceptors (Lipinski definition) is 2. The van der Waals surface area contributed by atoms with Gasteiger partial charge in [0.05, 0.1) is 6.61 Å². The zero-order valence-electron chi connectivity index (χ0n) is 10.0. The van der Waals surface area contributed by atoms with Crippen LogP contribution in [0.1, 0.15) is 44.9 Å². The van der Waals surface area contributed by atoms with Gasteiger partial charge in [-0.3, -0.25) is 0 Å². The quantitative estimate of drug-likeness (QED) is 0.774. The van der Waals surface area contributed by atoms with Gasteiger partial charge in [0.15, 0.2) is 0 Å². The van der Waals surface area contributed by atoms with Crippen molar-refractivity contribution in [2.45, 2.75) is 51.0 Å². The molecule has 2 unspecified atom stereocenters. The monoisotopic (exact) mass is 211 g/mol. The summed E-state index contributed by atoms with van der Waals surface area (Å²) in [6.45, 7) is 2.11. The van der Waals surface area contributed by atoms with Crippen molar-refractivity contribution >= 4 is 0 Å². The predicted molar refractivity (Wildman–Crippen MR) is 63.0 cm³/mol. The molecule has 2 rings (SSSR count). The molecule has 1 heterocycles. The van der Waals surface area contributed by atoms with Crippen LogP contribution in [0.2, 0.25) is 0 Å². The lowest BCUT2D eigenvalue weighted by Crippen LogP contribution is -2.45. The molecule has 1 aliphatic heterocycles. The SMILES string of the molecule is COCC1CCC(C2CCCCC2)NC1. The lowest BCUT2D eigenvalue weighted by atomic mass is 9.79. The van der Waals surface area contributed by atoms with Crippen LogP contribution in [0, 0.1) is 11.8 Å². The molecule has 0 aromatic heterocycles. The second kappa shape index (κ2) is 5.86. The number of piperidine rings is 1. The van der Waals surface area contributed by atoms with Gasteiger partial charge < -0.3 is 10.1 Å². The van der Waals surface area contributed by atoms with E-state index in [0.29, 0.717) is 0 Å². The first-order chi connectivity index (χ1) is 7.40. The third-order valence-electron chi connectivity index (χ3n) is 4.18. The maximum Gasteiger partial charge on any atom is 0.0502 e. The number of methoxy groups -OCH3 is 1. The second-order valence-electron chi connectivity index (χ2n) is 5.31. The average molecular weight is 211 g/mol. The zero-order chi connectivity index (χ0) is 10.5. The average Bonchev–Trinajstić information content (AvgIpc) is 2.32. The summed E-state index contributed by atoms with van der Waals surface area (Å²) in [6, 6.07) is 0.818. The Morgan fingerprint density at radius 1 is 1.07 bits per heavy atom. The van der Waals surface area contributed by atoms with Gasteiger partial charge in [-0.2, -0.15) is 0 Å². The highest BCUT2D eigenvalue weighted by atomic mass is 16.5. The standard InChI is InChI=1S/C13H25NO/c1-15-10-11-7-8-13(14-9-11)12-5-3-2-4-6-12/h11-14H,2-10H2,1H3. The Hall–Kier alpha value is -0.0800. The number of nitrogens with one attached hydrogen (secondary N) is 1. The van der Waals surface area contributed by atoms with Crippen molar-refractivity contribution in [3.63, 3.8) is 0 Å². The molecule has 15 heavy (non-hydrogen) atoms.